The molecule has 0 saturated carbocycles. The zero-order valence-electron chi connectivity index (χ0n) is 6.08. The third-order valence-corrected chi connectivity index (χ3v) is 3.07. The second-order valence-electron chi connectivity index (χ2n) is 2.54. The Bertz CT molecular complexity index is 236. The molecule has 0 rings (SSSR count). The van der Waals surface area contributed by atoms with Crippen molar-refractivity contribution in [3.05, 3.63) is 0 Å². The van der Waals surface area contributed by atoms with Crippen LogP contribution in [0.25, 0.3) is 0 Å². The first-order valence-electron chi connectivity index (χ1n) is 2.67. The van der Waals surface area contributed by atoms with Crippen LogP contribution in [0, 0.1) is 0 Å². The van der Waals surface area contributed by atoms with E-state index in [-0.39, 0.29) is 0 Å². The van der Waals surface area contributed by atoms with E-state index in [2.05, 4.69) is 0 Å². The SMILES string of the molecule is CC(=O)C(C)(C)S(=O)(=O)O. The van der Waals surface area contributed by atoms with Gasteiger partial charge in [-0.3, -0.25) is 9.35 Å². The van der Waals surface area contributed by atoms with Crippen LogP contribution in [0.5, 0.6) is 0 Å². The van der Waals surface area contributed by atoms with Crippen LogP contribution in [0.3, 0.4) is 0 Å². The van der Waals surface area contributed by atoms with Crippen LogP contribution < -0.4 is 0 Å². The first-order chi connectivity index (χ1) is 4.19. The molecule has 0 bridgehead atoms. The fourth-order valence-electron chi connectivity index (χ4n) is 0.182. The smallest absolute Gasteiger partial charge is 0.277 e. The molecule has 0 amide bonds. The first kappa shape index (κ1) is 9.58. The molecule has 1 N–H and O–H groups in total. The zero-order chi connectivity index (χ0) is 8.58. The van der Waals surface area contributed by atoms with Gasteiger partial charge in [0.15, 0.2) is 5.78 Å². The van der Waals surface area contributed by atoms with Gasteiger partial charge in [-0.05, 0) is 20.8 Å². The predicted molar refractivity (Wildman–Crippen MR) is 36.3 cm³/mol. The summed E-state index contributed by atoms with van der Waals surface area (Å²) >= 11 is 0. The molecule has 0 unspecified atom stereocenters. The molecule has 0 aliphatic heterocycles. The largest absolute Gasteiger partial charge is 0.298 e. The zero-order valence-corrected chi connectivity index (χ0v) is 6.90. The average Bonchev–Trinajstić information content (AvgIpc) is 1.62. The lowest BCUT2D eigenvalue weighted by molar-refractivity contribution is -0.118. The highest BCUT2D eigenvalue weighted by Crippen LogP contribution is 2.14. The standard InChI is InChI=1S/C5H10O4S/c1-4(6)5(2,3)10(7,8)9/h1-3H3,(H,7,8,9). The Labute approximate surface area is 60.0 Å². The van der Waals surface area contributed by atoms with Gasteiger partial charge in [-0.15, -0.1) is 0 Å². The first-order valence-corrected chi connectivity index (χ1v) is 4.11. The van der Waals surface area contributed by atoms with Gasteiger partial charge in [-0.2, -0.15) is 8.42 Å². The Kier molecular flexibility index (Phi) is 2.22. The van der Waals surface area contributed by atoms with E-state index in [1.54, 1.807) is 0 Å². The number of hydrogen-bond donors (Lipinski definition) is 1. The van der Waals surface area contributed by atoms with Gasteiger partial charge >= 0.3 is 0 Å². The minimum atomic E-state index is -4.25. The molecule has 0 atom stereocenters. The summed E-state index contributed by atoms with van der Waals surface area (Å²) in [7, 11) is -4.25. The van der Waals surface area contributed by atoms with E-state index in [4.69, 9.17) is 4.55 Å². The number of Topliss-reactive ketones (excluding diaryl/α,β-unsaturated/α-hetero) is 1. The highest BCUT2D eigenvalue weighted by molar-refractivity contribution is 7.88. The van der Waals surface area contributed by atoms with E-state index < -0.39 is 20.6 Å². The third kappa shape index (κ3) is 1.54. The summed E-state index contributed by atoms with van der Waals surface area (Å²) in [6.07, 6.45) is 0. The quantitative estimate of drug-likeness (QED) is 0.596. The van der Waals surface area contributed by atoms with Gasteiger partial charge in [0.05, 0.1) is 0 Å². The van der Waals surface area contributed by atoms with E-state index in [0.29, 0.717) is 0 Å². The molecule has 4 nitrogen and oxygen atoms in total. The van der Waals surface area contributed by atoms with Crippen molar-refractivity contribution < 1.29 is 17.8 Å². The van der Waals surface area contributed by atoms with E-state index in [1.807, 2.05) is 0 Å². The Morgan fingerprint density at radius 2 is 1.70 bits per heavy atom. The second-order valence-corrected chi connectivity index (χ2v) is 4.51. The molecule has 0 radical (unpaired) electrons. The summed E-state index contributed by atoms with van der Waals surface area (Å²) in [5.74, 6) is -0.574. The maximum atomic E-state index is 10.6. The van der Waals surface area contributed by atoms with Gasteiger partial charge in [0, 0.05) is 0 Å². The Balaban J connectivity index is 4.95. The highest BCUT2D eigenvalue weighted by Gasteiger charge is 2.37. The van der Waals surface area contributed by atoms with Gasteiger partial charge in [-0.1, -0.05) is 0 Å². The van der Waals surface area contributed by atoms with Crippen LogP contribution in [-0.4, -0.2) is 23.5 Å². The van der Waals surface area contributed by atoms with Gasteiger partial charge in [-0.25, -0.2) is 0 Å². The molecule has 0 aromatic rings. The number of carbonyl (C=O) groups excluding carboxylic acids is 1. The van der Waals surface area contributed by atoms with E-state index in [0.717, 1.165) is 20.8 Å². The number of ketones is 1. The van der Waals surface area contributed by atoms with Crippen LogP contribution in [0.2, 0.25) is 0 Å². The van der Waals surface area contributed by atoms with Crippen molar-refractivity contribution in [2.75, 3.05) is 0 Å². The number of carbonyl (C=O) groups is 1. The monoisotopic (exact) mass is 166 g/mol. The number of hydrogen-bond acceptors (Lipinski definition) is 3. The average molecular weight is 166 g/mol. The van der Waals surface area contributed by atoms with Gasteiger partial charge < -0.3 is 0 Å². The fraction of sp³-hybridized carbons (Fsp3) is 0.800. The summed E-state index contributed by atoms with van der Waals surface area (Å²) in [6, 6.07) is 0. The van der Waals surface area contributed by atoms with Crippen molar-refractivity contribution >= 4 is 15.9 Å². The molecule has 10 heavy (non-hydrogen) atoms. The minimum absolute atomic E-state index is 0.574. The number of rotatable bonds is 2. The molecule has 0 spiro atoms. The molecule has 5 heteroatoms. The molecule has 0 saturated heterocycles. The van der Waals surface area contributed by atoms with Crippen molar-refractivity contribution in [3.8, 4) is 0 Å². The lowest BCUT2D eigenvalue weighted by Gasteiger charge is -2.15. The molecule has 0 heterocycles. The lowest BCUT2D eigenvalue weighted by Crippen LogP contribution is -2.38. The summed E-state index contributed by atoms with van der Waals surface area (Å²) < 4.78 is 27.7. The van der Waals surface area contributed by atoms with E-state index >= 15 is 0 Å². The van der Waals surface area contributed by atoms with Crippen LogP contribution in [-0.2, 0) is 14.9 Å². The third-order valence-electron chi connectivity index (χ3n) is 1.49. The van der Waals surface area contributed by atoms with Crippen molar-refractivity contribution in [3.63, 3.8) is 0 Å². The fourth-order valence-corrected chi connectivity index (χ4v) is 0.545. The second kappa shape index (κ2) is 2.32. The summed E-state index contributed by atoms with van der Waals surface area (Å²) in [5.41, 5.74) is 0. The van der Waals surface area contributed by atoms with Crippen LogP contribution in [0.15, 0.2) is 0 Å². The predicted octanol–water partition coefficient (Wildman–Crippen LogP) is 0.242. The Morgan fingerprint density at radius 3 is 1.70 bits per heavy atom. The van der Waals surface area contributed by atoms with Crippen molar-refractivity contribution in [1.82, 2.24) is 0 Å². The molecule has 0 aromatic heterocycles. The normalized spacial score (nSPS) is 13.2. The van der Waals surface area contributed by atoms with Crippen molar-refractivity contribution in [2.24, 2.45) is 0 Å². The van der Waals surface area contributed by atoms with Crippen molar-refractivity contribution in [1.29, 1.82) is 0 Å². The molecule has 0 aliphatic carbocycles. The Hall–Kier alpha value is -0.420. The topological polar surface area (TPSA) is 71.4 Å². The summed E-state index contributed by atoms with van der Waals surface area (Å²) in [5, 5.41) is 0. The van der Waals surface area contributed by atoms with Gasteiger partial charge in [0.25, 0.3) is 10.1 Å². The van der Waals surface area contributed by atoms with E-state index in [9.17, 15) is 13.2 Å². The molecule has 60 valence electrons. The molecular weight excluding hydrogens is 156 g/mol. The molecule has 0 aliphatic rings. The summed E-state index contributed by atoms with van der Waals surface area (Å²) in [6.45, 7) is 3.43. The molecule has 0 fully saturated rings. The minimum Gasteiger partial charge on any atom is -0.298 e. The maximum Gasteiger partial charge on any atom is 0.277 e. The van der Waals surface area contributed by atoms with Crippen LogP contribution >= 0.6 is 0 Å². The van der Waals surface area contributed by atoms with Crippen LogP contribution in [0.4, 0.5) is 0 Å². The molecule has 0 aromatic carbocycles. The Morgan fingerprint density at radius 1 is 1.40 bits per heavy atom. The van der Waals surface area contributed by atoms with Gasteiger partial charge in [0.1, 0.15) is 4.75 Å². The van der Waals surface area contributed by atoms with Gasteiger partial charge in [0.2, 0.25) is 0 Å². The lowest BCUT2D eigenvalue weighted by atomic mass is 10.1. The maximum absolute atomic E-state index is 10.6. The summed E-state index contributed by atoms with van der Waals surface area (Å²) in [4.78, 5) is 10.6. The highest BCUT2D eigenvalue weighted by atomic mass is 32.2. The van der Waals surface area contributed by atoms with E-state index in [1.165, 1.54) is 0 Å². The van der Waals surface area contributed by atoms with Crippen molar-refractivity contribution in [2.45, 2.75) is 25.5 Å². The molecular formula is C5H10O4S. The van der Waals surface area contributed by atoms with Crippen LogP contribution in [0.1, 0.15) is 20.8 Å².